The molecule has 3 aliphatic heterocycles. The third-order valence-corrected chi connectivity index (χ3v) is 7.87. The van der Waals surface area contributed by atoms with Crippen LogP contribution in [0.15, 0.2) is 54.1 Å². The number of aliphatic hydroxyl groups excluding tert-OH is 1. The minimum atomic E-state index is -1.73. The number of morpholine rings is 1. The second kappa shape index (κ2) is 11.2. The average Bonchev–Trinajstić information content (AvgIpc) is 3.35. The number of ketones is 1. The van der Waals surface area contributed by atoms with Crippen LogP contribution in [0, 0.1) is 0 Å². The van der Waals surface area contributed by atoms with Crippen LogP contribution in [-0.4, -0.2) is 85.6 Å². The first kappa shape index (κ1) is 26.9. The van der Waals surface area contributed by atoms with Crippen LogP contribution >= 0.6 is 0 Å². The molecule has 1 spiro atoms. The number of anilines is 1. The van der Waals surface area contributed by atoms with E-state index in [1.807, 2.05) is 19.1 Å². The van der Waals surface area contributed by atoms with Crippen molar-refractivity contribution in [2.24, 2.45) is 0 Å². The van der Waals surface area contributed by atoms with Gasteiger partial charge >= 0.3 is 0 Å². The van der Waals surface area contributed by atoms with Crippen LogP contribution in [0.3, 0.4) is 0 Å². The molecule has 0 bridgehead atoms. The summed E-state index contributed by atoms with van der Waals surface area (Å²) < 4.78 is 10.7. The van der Waals surface area contributed by atoms with E-state index in [1.165, 1.54) is 12.0 Å². The second-order valence-electron chi connectivity index (χ2n) is 10.1. The number of hydrogen-bond acceptors (Lipinski definition) is 7. The monoisotopic (exact) mass is 533 g/mol. The Bertz CT molecular complexity index is 1280. The first-order chi connectivity index (χ1) is 18.9. The minimum Gasteiger partial charge on any atom is -0.507 e. The van der Waals surface area contributed by atoms with Gasteiger partial charge in [-0.1, -0.05) is 31.5 Å². The van der Waals surface area contributed by atoms with Crippen LogP contribution in [0.4, 0.5) is 5.69 Å². The highest BCUT2D eigenvalue weighted by Crippen LogP contribution is 2.53. The van der Waals surface area contributed by atoms with Gasteiger partial charge in [0.1, 0.15) is 11.5 Å². The topological polar surface area (TPSA) is 99.6 Å². The van der Waals surface area contributed by atoms with Crippen molar-refractivity contribution >= 4 is 29.0 Å². The third kappa shape index (κ3) is 4.49. The van der Waals surface area contributed by atoms with Gasteiger partial charge in [0, 0.05) is 43.9 Å². The average molecular weight is 534 g/mol. The quantitative estimate of drug-likeness (QED) is 0.300. The molecule has 2 aromatic rings. The van der Waals surface area contributed by atoms with E-state index in [2.05, 4.69) is 4.90 Å². The number of unbranched alkanes of at least 4 members (excludes halogenated alkanes) is 1. The summed E-state index contributed by atoms with van der Waals surface area (Å²) in [6.07, 6.45) is 2.21. The normalized spacial score (nSPS) is 22.7. The maximum Gasteiger partial charge on any atom is 0.296 e. The highest BCUT2D eigenvalue weighted by atomic mass is 16.5. The Morgan fingerprint density at radius 1 is 0.974 bits per heavy atom. The Hall–Kier alpha value is -3.69. The molecule has 0 unspecified atom stereocenters. The number of hydrogen-bond donors (Lipinski definition) is 1. The zero-order valence-electron chi connectivity index (χ0n) is 22.5. The van der Waals surface area contributed by atoms with Gasteiger partial charge in [0.2, 0.25) is 0 Å². The molecule has 206 valence electrons. The number of methoxy groups -OCH3 is 1. The van der Waals surface area contributed by atoms with E-state index in [9.17, 15) is 19.5 Å². The Morgan fingerprint density at radius 3 is 2.38 bits per heavy atom. The van der Waals surface area contributed by atoms with Gasteiger partial charge in [-0.3, -0.25) is 19.3 Å². The molecule has 9 nitrogen and oxygen atoms in total. The molecule has 2 fully saturated rings. The van der Waals surface area contributed by atoms with Crippen LogP contribution in [0.1, 0.15) is 37.3 Å². The van der Waals surface area contributed by atoms with Gasteiger partial charge in [-0.2, -0.15) is 0 Å². The van der Waals surface area contributed by atoms with E-state index in [1.54, 1.807) is 41.3 Å². The van der Waals surface area contributed by atoms with Gasteiger partial charge in [-0.05, 0) is 43.2 Å². The predicted octanol–water partition coefficient (Wildman–Crippen LogP) is 3.14. The van der Waals surface area contributed by atoms with Crippen LogP contribution in [0.2, 0.25) is 0 Å². The fourth-order valence-corrected chi connectivity index (χ4v) is 5.88. The lowest BCUT2D eigenvalue weighted by Gasteiger charge is -2.35. The van der Waals surface area contributed by atoms with Crippen LogP contribution in [-0.2, 0) is 24.7 Å². The van der Waals surface area contributed by atoms with Gasteiger partial charge in [0.05, 0.1) is 31.6 Å². The Morgan fingerprint density at radius 2 is 1.69 bits per heavy atom. The van der Waals surface area contributed by atoms with Crippen LogP contribution < -0.4 is 9.64 Å². The predicted molar refractivity (Wildman–Crippen MR) is 147 cm³/mol. The second-order valence-corrected chi connectivity index (χ2v) is 10.1. The number of aliphatic hydroxyl groups is 1. The van der Waals surface area contributed by atoms with Crippen LogP contribution in [0.25, 0.3) is 5.76 Å². The molecule has 0 aromatic heterocycles. The molecule has 1 N–H and O–H groups in total. The number of likely N-dealkylation sites (tertiary alicyclic amines) is 1. The molecule has 3 heterocycles. The summed E-state index contributed by atoms with van der Waals surface area (Å²) in [5.41, 5.74) is -0.365. The molecule has 3 aliphatic rings. The zero-order chi connectivity index (χ0) is 27.6. The molecule has 2 saturated heterocycles. The molecule has 0 aliphatic carbocycles. The van der Waals surface area contributed by atoms with Crippen molar-refractivity contribution < 1.29 is 29.0 Å². The van der Waals surface area contributed by atoms with Gasteiger partial charge in [-0.15, -0.1) is 0 Å². The van der Waals surface area contributed by atoms with Gasteiger partial charge in [0.15, 0.2) is 5.54 Å². The summed E-state index contributed by atoms with van der Waals surface area (Å²) in [5, 5.41) is 11.6. The molecule has 2 aromatic carbocycles. The van der Waals surface area contributed by atoms with E-state index in [0.717, 1.165) is 25.9 Å². The maximum absolute atomic E-state index is 14.5. The Balaban J connectivity index is 1.63. The fraction of sp³-hybridized carbons (Fsp3) is 0.433. The van der Waals surface area contributed by atoms with E-state index in [-0.39, 0.29) is 23.8 Å². The number of ether oxygens (including phenoxy) is 2. The lowest BCUT2D eigenvalue weighted by molar-refractivity contribution is -0.143. The van der Waals surface area contributed by atoms with Crippen molar-refractivity contribution in [1.82, 2.24) is 9.80 Å². The number of fused-ring (bicyclic) bond motifs is 2. The van der Waals surface area contributed by atoms with Crippen molar-refractivity contribution in [3.8, 4) is 5.75 Å². The van der Waals surface area contributed by atoms with Gasteiger partial charge in [-0.25, -0.2) is 0 Å². The highest BCUT2D eigenvalue weighted by molar-refractivity contribution is 6.50. The molecule has 2 amide bonds. The molecule has 5 rings (SSSR count). The SMILES string of the molecule is CCCCN1C(=O)[C@]2(C(=C(O)c3ccc(OC)cc3)C(=O)C(=O)N2CCCN2CCOCC2)c2ccccc21. The van der Waals surface area contributed by atoms with Crippen LogP contribution in [0.5, 0.6) is 5.75 Å². The van der Waals surface area contributed by atoms with E-state index < -0.39 is 17.2 Å². The number of amides is 2. The number of nitrogens with zero attached hydrogens (tertiary/aromatic N) is 3. The molecule has 0 saturated carbocycles. The molecule has 0 radical (unpaired) electrons. The smallest absolute Gasteiger partial charge is 0.296 e. The van der Waals surface area contributed by atoms with E-state index in [4.69, 9.17) is 9.47 Å². The first-order valence-electron chi connectivity index (χ1n) is 13.6. The maximum atomic E-state index is 14.5. The highest BCUT2D eigenvalue weighted by Gasteiger charge is 2.66. The summed E-state index contributed by atoms with van der Waals surface area (Å²) in [4.78, 5) is 47.2. The fourth-order valence-electron chi connectivity index (χ4n) is 5.88. The summed E-state index contributed by atoms with van der Waals surface area (Å²) in [5.74, 6) is -1.79. The van der Waals surface area contributed by atoms with Crippen molar-refractivity contribution in [3.05, 3.63) is 65.2 Å². The number of para-hydroxylation sites is 1. The van der Waals surface area contributed by atoms with Crippen molar-refractivity contribution in [2.75, 3.05) is 57.9 Å². The number of Topliss-reactive ketones (excluding diaryl/α,β-unsaturated/α-hetero) is 1. The molecule has 39 heavy (non-hydrogen) atoms. The van der Waals surface area contributed by atoms with E-state index >= 15 is 0 Å². The third-order valence-electron chi connectivity index (χ3n) is 7.87. The van der Waals surface area contributed by atoms with E-state index in [0.29, 0.717) is 55.3 Å². The minimum absolute atomic E-state index is 0.180. The van der Waals surface area contributed by atoms with Crippen molar-refractivity contribution in [1.29, 1.82) is 0 Å². The molecular formula is C30H35N3O6. The number of carbonyl (C=O) groups excluding carboxylic acids is 3. The van der Waals surface area contributed by atoms with Crippen molar-refractivity contribution in [2.45, 2.75) is 31.7 Å². The molecule has 1 atom stereocenters. The molecule has 9 heteroatoms. The Kier molecular flexibility index (Phi) is 7.72. The number of rotatable bonds is 9. The standard InChI is InChI=1S/C30H35N3O6/c1-3-4-15-32-24-9-6-5-8-23(24)30(29(32)37)25(26(34)21-10-12-22(38-2)13-11-21)27(35)28(36)33(30)16-7-14-31-17-19-39-20-18-31/h5-6,8-13,34H,3-4,7,14-20H2,1-2H3/t30-/m1/s1. The number of carbonyl (C=O) groups is 3. The zero-order valence-corrected chi connectivity index (χ0v) is 22.5. The van der Waals surface area contributed by atoms with Crippen molar-refractivity contribution in [3.63, 3.8) is 0 Å². The number of benzene rings is 2. The summed E-state index contributed by atoms with van der Waals surface area (Å²) >= 11 is 0. The van der Waals surface area contributed by atoms with Gasteiger partial charge in [0.25, 0.3) is 17.6 Å². The Labute approximate surface area is 228 Å². The summed E-state index contributed by atoms with van der Waals surface area (Å²) in [6, 6.07) is 13.9. The summed E-state index contributed by atoms with van der Waals surface area (Å²) in [7, 11) is 1.54. The largest absolute Gasteiger partial charge is 0.507 e. The molecular weight excluding hydrogens is 498 g/mol. The first-order valence-corrected chi connectivity index (χ1v) is 13.6. The van der Waals surface area contributed by atoms with Gasteiger partial charge < -0.3 is 24.4 Å². The summed E-state index contributed by atoms with van der Waals surface area (Å²) in [6.45, 7) is 6.32. The lowest BCUT2D eigenvalue weighted by atomic mass is 9.82. The lowest BCUT2D eigenvalue weighted by Crippen LogP contribution is -2.52.